The summed E-state index contributed by atoms with van der Waals surface area (Å²) in [5.41, 5.74) is 3.82. The van der Waals surface area contributed by atoms with Crippen molar-refractivity contribution in [2.45, 2.75) is 31.4 Å². The van der Waals surface area contributed by atoms with Crippen molar-refractivity contribution in [1.82, 2.24) is 5.32 Å². The van der Waals surface area contributed by atoms with Crippen LogP contribution in [0.1, 0.15) is 29.2 Å². The van der Waals surface area contributed by atoms with E-state index in [4.69, 9.17) is 9.47 Å². The van der Waals surface area contributed by atoms with E-state index >= 15 is 0 Å². The Bertz CT molecular complexity index is 837. The van der Waals surface area contributed by atoms with Crippen LogP contribution in [0, 0.1) is 0 Å². The number of aliphatic hydroxyl groups excluding tert-OH is 1. The van der Waals surface area contributed by atoms with Gasteiger partial charge in [0.15, 0.2) is 0 Å². The number of nitrogens with one attached hydrogen (secondary N) is 2. The highest BCUT2D eigenvalue weighted by atomic mass is 16.5. The fourth-order valence-electron chi connectivity index (χ4n) is 3.71. The van der Waals surface area contributed by atoms with Gasteiger partial charge in [-0.15, -0.1) is 0 Å². The average molecular weight is 354 g/mol. The molecule has 0 saturated heterocycles. The third kappa shape index (κ3) is 3.20. The van der Waals surface area contributed by atoms with Crippen molar-refractivity contribution in [3.05, 3.63) is 53.1 Å². The molecule has 26 heavy (non-hydrogen) atoms. The molecule has 0 spiro atoms. The van der Waals surface area contributed by atoms with Gasteiger partial charge in [0.2, 0.25) is 0 Å². The topological polar surface area (TPSA) is 79.8 Å². The predicted octanol–water partition coefficient (Wildman–Crippen LogP) is 2.80. The number of hydrogen-bond donors (Lipinski definition) is 3. The minimum atomic E-state index is -0.367. The lowest BCUT2D eigenvalue weighted by Gasteiger charge is -2.27. The number of hydrogen-bond acceptors (Lipinski definition) is 4. The normalized spacial score (nSPS) is 20.5. The van der Waals surface area contributed by atoms with Crippen LogP contribution in [0.15, 0.2) is 36.4 Å². The van der Waals surface area contributed by atoms with E-state index in [9.17, 15) is 9.90 Å². The third-order valence-electron chi connectivity index (χ3n) is 4.98. The van der Waals surface area contributed by atoms with Crippen LogP contribution in [-0.2, 0) is 12.8 Å². The summed E-state index contributed by atoms with van der Waals surface area (Å²) < 4.78 is 10.9. The quantitative estimate of drug-likeness (QED) is 0.792. The summed E-state index contributed by atoms with van der Waals surface area (Å²) in [6.07, 6.45) is 1.56. The lowest BCUT2D eigenvalue weighted by molar-refractivity contribution is 0.187. The molecule has 0 bridgehead atoms. The molecule has 2 aromatic carbocycles. The SMILES string of the molecule is COc1ccc2c(c1)OCCC2NC(=O)Nc1cccc2c1CC(O)C2. The molecule has 0 radical (unpaired) electrons. The number of aliphatic hydroxyl groups is 1. The van der Waals surface area contributed by atoms with Gasteiger partial charge in [-0.2, -0.15) is 0 Å². The molecule has 2 unspecified atom stereocenters. The minimum Gasteiger partial charge on any atom is -0.497 e. The lowest BCUT2D eigenvalue weighted by atomic mass is 10.0. The van der Waals surface area contributed by atoms with Crippen molar-refractivity contribution in [3.8, 4) is 11.5 Å². The summed E-state index contributed by atoms with van der Waals surface area (Å²) in [5.74, 6) is 1.47. The number of carbonyl (C=O) groups excluding carboxylic acids is 1. The largest absolute Gasteiger partial charge is 0.497 e. The second-order valence-electron chi connectivity index (χ2n) is 6.70. The lowest BCUT2D eigenvalue weighted by Crippen LogP contribution is -2.35. The van der Waals surface area contributed by atoms with Crippen LogP contribution >= 0.6 is 0 Å². The van der Waals surface area contributed by atoms with Gasteiger partial charge in [0.25, 0.3) is 0 Å². The Morgan fingerprint density at radius 3 is 3.00 bits per heavy atom. The fraction of sp³-hybridized carbons (Fsp3) is 0.350. The van der Waals surface area contributed by atoms with E-state index in [-0.39, 0.29) is 18.2 Å². The number of amides is 2. The molecule has 0 aromatic heterocycles. The van der Waals surface area contributed by atoms with Crippen LogP contribution in [0.2, 0.25) is 0 Å². The maximum atomic E-state index is 12.5. The molecule has 6 heteroatoms. The Balaban J connectivity index is 1.48. The Morgan fingerprint density at radius 1 is 1.27 bits per heavy atom. The molecule has 2 atom stereocenters. The van der Waals surface area contributed by atoms with Gasteiger partial charge in [-0.05, 0) is 35.7 Å². The summed E-state index contributed by atoms with van der Waals surface area (Å²) in [6, 6.07) is 11.0. The van der Waals surface area contributed by atoms with Gasteiger partial charge in [-0.25, -0.2) is 4.79 Å². The number of carbonyl (C=O) groups is 1. The highest BCUT2D eigenvalue weighted by molar-refractivity contribution is 5.90. The molecule has 2 aromatic rings. The minimum absolute atomic E-state index is 0.119. The van der Waals surface area contributed by atoms with E-state index in [0.29, 0.717) is 25.9 Å². The highest BCUT2D eigenvalue weighted by Crippen LogP contribution is 2.35. The molecular formula is C20H22N2O4. The van der Waals surface area contributed by atoms with E-state index in [1.54, 1.807) is 7.11 Å². The number of methoxy groups -OCH3 is 1. The van der Waals surface area contributed by atoms with Crippen molar-refractivity contribution in [1.29, 1.82) is 0 Å². The fourth-order valence-corrected chi connectivity index (χ4v) is 3.71. The number of fused-ring (bicyclic) bond motifs is 2. The number of urea groups is 1. The summed E-state index contributed by atoms with van der Waals surface area (Å²) in [4.78, 5) is 12.5. The average Bonchev–Trinajstić information content (AvgIpc) is 3.03. The van der Waals surface area contributed by atoms with Gasteiger partial charge < -0.3 is 25.2 Å². The Hall–Kier alpha value is -2.73. The first kappa shape index (κ1) is 16.7. The molecule has 1 aliphatic carbocycles. The zero-order valence-corrected chi connectivity index (χ0v) is 14.6. The molecule has 2 aliphatic rings. The van der Waals surface area contributed by atoms with Crippen molar-refractivity contribution >= 4 is 11.7 Å². The second kappa shape index (κ2) is 6.88. The van der Waals surface area contributed by atoms with Crippen molar-refractivity contribution < 1.29 is 19.4 Å². The number of ether oxygens (including phenoxy) is 2. The third-order valence-corrected chi connectivity index (χ3v) is 4.98. The van der Waals surface area contributed by atoms with Gasteiger partial charge in [0, 0.05) is 30.2 Å². The van der Waals surface area contributed by atoms with E-state index in [2.05, 4.69) is 10.6 Å². The Labute approximate surface area is 152 Å². The van der Waals surface area contributed by atoms with E-state index in [0.717, 1.165) is 33.9 Å². The van der Waals surface area contributed by atoms with Crippen molar-refractivity contribution in [3.63, 3.8) is 0 Å². The van der Waals surface area contributed by atoms with Gasteiger partial charge in [0.05, 0.1) is 25.9 Å². The van der Waals surface area contributed by atoms with Crippen LogP contribution in [-0.4, -0.2) is 31.0 Å². The molecule has 0 saturated carbocycles. The first-order chi connectivity index (χ1) is 12.6. The molecule has 1 heterocycles. The molecule has 1 aliphatic heterocycles. The maximum absolute atomic E-state index is 12.5. The summed E-state index contributed by atoms with van der Waals surface area (Å²) in [6.45, 7) is 0.540. The molecule has 6 nitrogen and oxygen atoms in total. The molecule has 136 valence electrons. The monoisotopic (exact) mass is 354 g/mol. The highest BCUT2D eigenvalue weighted by Gasteiger charge is 2.25. The van der Waals surface area contributed by atoms with Crippen LogP contribution < -0.4 is 20.1 Å². The number of rotatable bonds is 3. The van der Waals surface area contributed by atoms with Crippen molar-refractivity contribution in [2.75, 3.05) is 19.0 Å². The smallest absolute Gasteiger partial charge is 0.319 e. The zero-order valence-electron chi connectivity index (χ0n) is 14.6. The molecule has 3 N–H and O–H groups in total. The van der Waals surface area contributed by atoms with Crippen LogP contribution in [0.25, 0.3) is 0 Å². The van der Waals surface area contributed by atoms with Crippen LogP contribution in [0.5, 0.6) is 11.5 Å². The predicted molar refractivity (Wildman–Crippen MR) is 97.9 cm³/mol. The molecular weight excluding hydrogens is 332 g/mol. The summed E-state index contributed by atoms with van der Waals surface area (Å²) >= 11 is 0. The van der Waals surface area contributed by atoms with Gasteiger partial charge in [0.1, 0.15) is 11.5 Å². The van der Waals surface area contributed by atoms with Gasteiger partial charge >= 0.3 is 6.03 Å². The van der Waals surface area contributed by atoms with Crippen LogP contribution in [0.3, 0.4) is 0 Å². The Kier molecular flexibility index (Phi) is 4.42. The van der Waals surface area contributed by atoms with Crippen LogP contribution in [0.4, 0.5) is 10.5 Å². The van der Waals surface area contributed by atoms with E-state index in [1.807, 2.05) is 36.4 Å². The second-order valence-corrected chi connectivity index (χ2v) is 6.70. The first-order valence-corrected chi connectivity index (χ1v) is 8.81. The molecule has 4 rings (SSSR count). The summed E-state index contributed by atoms with van der Waals surface area (Å²) in [7, 11) is 1.61. The maximum Gasteiger partial charge on any atom is 0.319 e. The van der Waals surface area contributed by atoms with E-state index < -0.39 is 0 Å². The zero-order chi connectivity index (χ0) is 18.1. The Morgan fingerprint density at radius 2 is 2.15 bits per heavy atom. The number of anilines is 1. The number of benzene rings is 2. The molecule has 0 fully saturated rings. The van der Waals surface area contributed by atoms with Gasteiger partial charge in [-0.3, -0.25) is 0 Å². The van der Waals surface area contributed by atoms with Gasteiger partial charge in [-0.1, -0.05) is 12.1 Å². The van der Waals surface area contributed by atoms with E-state index in [1.165, 1.54) is 0 Å². The van der Waals surface area contributed by atoms with Crippen molar-refractivity contribution in [2.24, 2.45) is 0 Å². The summed E-state index contributed by atoms with van der Waals surface area (Å²) in [5, 5.41) is 15.8. The molecule has 2 amide bonds. The first-order valence-electron chi connectivity index (χ1n) is 8.81. The standard InChI is InChI=1S/C20H22N2O4/c1-25-14-5-6-15-18(7-8-26-19(15)11-14)22-20(24)21-17-4-2-3-12-9-13(23)10-16(12)17/h2-6,11,13,18,23H,7-10H2,1H3,(H2,21,22,24).